The lowest BCUT2D eigenvalue weighted by molar-refractivity contribution is 0.0687. The summed E-state index contributed by atoms with van der Waals surface area (Å²) in [6.07, 6.45) is 1.71. The van der Waals surface area contributed by atoms with E-state index >= 15 is 0 Å². The van der Waals surface area contributed by atoms with E-state index in [1.165, 1.54) is 16.9 Å². The molecule has 1 N–H and O–H groups in total. The third-order valence-electron chi connectivity index (χ3n) is 3.46. The van der Waals surface area contributed by atoms with E-state index < -0.39 is 21.7 Å². The SMILES string of the molecule is CN1CCCC(N(C)S(=O)(=O)c2scnc2C(=O)O)C1. The molecule has 1 fully saturated rings. The fraction of sp³-hybridized carbons (Fsp3) is 0.636. The Hall–Kier alpha value is -1.03. The number of likely N-dealkylation sites (tertiary alicyclic amines) is 1. The molecule has 1 atom stereocenters. The number of carboxylic acids is 1. The van der Waals surface area contributed by atoms with Crippen molar-refractivity contribution in [3.05, 3.63) is 11.2 Å². The van der Waals surface area contributed by atoms with Crippen molar-refractivity contribution in [3.8, 4) is 0 Å². The summed E-state index contributed by atoms with van der Waals surface area (Å²) >= 11 is 0.843. The Balaban J connectivity index is 2.29. The van der Waals surface area contributed by atoms with Gasteiger partial charge in [-0.3, -0.25) is 0 Å². The van der Waals surface area contributed by atoms with E-state index in [2.05, 4.69) is 9.88 Å². The Bertz CT molecular complexity index is 599. The first-order valence-electron chi connectivity index (χ1n) is 6.17. The Morgan fingerprint density at radius 1 is 1.60 bits per heavy atom. The quantitative estimate of drug-likeness (QED) is 0.872. The molecule has 2 rings (SSSR count). The smallest absolute Gasteiger partial charge is 0.356 e. The van der Waals surface area contributed by atoms with Crippen LogP contribution in [-0.4, -0.2) is 66.9 Å². The third kappa shape index (κ3) is 2.85. The maximum Gasteiger partial charge on any atom is 0.356 e. The van der Waals surface area contributed by atoms with Crippen LogP contribution in [0.25, 0.3) is 0 Å². The first-order chi connectivity index (χ1) is 9.34. The fourth-order valence-electron chi connectivity index (χ4n) is 2.32. The molecule has 1 aromatic rings. The van der Waals surface area contributed by atoms with Crippen molar-refractivity contribution < 1.29 is 18.3 Å². The van der Waals surface area contributed by atoms with Gasteiger partial charge in [0.25, 0.3) is 10.0 Å². The predicted octanol–water partition coefficient (Wildman–Crippen LogP) is 0.556. The van der Waals surface area contributed by atoms with Crippen LogP contribution < -0.4 is 0 Å². The van der Waals surface area contributed by atoms with Crippen molar-refractivity contribution in [2.24, 2.45) is 0 Å². The molecule has 1 unspecified atom stereocenters. The summed E-state index contributed by atoms with van der Waals surface area (Å²) in [5.74, 6) is -1.32. The zero-order valence-corrected chi connectivity index (χ0v) is 12.9. The van der Waals surface area contributed by atoms with Crippen LogP contribution >= 0.6 is 11.3 Å². The number of sulfonamides is 1. The zero-order chi connectivity index (χ0) is 14.9. The van der Waals surface area contributed by atoms with Gasteiger partial charge in [0.15, 0.2) is 9.90 Å². The van der Waals surface area contributed by atoms with Gasteiger partial charge in [-0.2, -0.15) is 4.31 Å². The minimum atomic E-state index is -3.81. The molecule has 2 heterocycles. The molecule has 0 aliphatic carbocycles. The van der Waals surface area contributed by atoms with Gasteiger partial charge >= 0.3 is 5.97 Å². The molecule has 20 heavy (non-hydrogen) atoms. The standard InChI is InChI=1S/C11H17N3O4S2/c1-13-5-3-4-8(6-13)14(2)20(17,18)11-9(10(15)16)12-7-19-11/h7-8H,3-6H2,1-2H3,(H,15,16). The van der Waals surface area contributed by atoms with Crippen molar-refractivity contribution in [1.82, 2.24) is 14.2 Å². The third-order valence-corrected chi connectivity index (χ3v) is 6.72. The minimum Gasteiger partial charge on any atom is -0.476 e. The van der Waals surface area contributed by atoms with Gasteiger partial charge in [-0.25, -0.2) is 18.2 Å². The summed E-state index contributed by atoms with van der Waals surface area (Å²) in [5.41, 5.74) is 0.850. The molecular formula is C11H17N3O4S2. The van der Waals surface area contributed by atoms with Crippen molar-refractivity contribution in [2.45, 2.75) is 23.1 Å². The summed E-state index contributed by atoms with van der Waals surface area (Å²) in [4.78, 5) is 16.7. The van der Waals surface area contributed by atoms with Gasteiger partial charge in [-0.1, -0.05) is 0 Å². The molecule has 0 amide bonds. The molecule has 0 bridgehead atoms. The van der Waals surface area contributed by atoms with E-state index in [4.69, 9.17) is 5.11 Å². The summed E-state index contributed by atoms with van der Waals surface area (Å²) < 4.78 is 26.2. The van der Waals surface area contributed by atoms with E-state index in [0.29, 0.717) is 6.54 Å². The van der Waals surface area contributed by atoms with Gasteiger partial charge in [0, 0.05) is 19.6 Å². The second-order valence-corrected chi connectivity index (χ2v) is 7.92. The highest BCUT2D eigenvalue weighted by Crippen LogP contribution is 2.26. The first kappa shape index (κ1) is 15.4. The van der Waals surface area contributed by atoms with Crippen LogP contribution in [0.1, 0.15) is 23.3 Å². The average Bonchev–Trinajstić information content (AvgIpc) is 2.87. The van der Waals surface area contributed by atoms with E-state index in [1.54, 1.807) is 0 Å². The maximum atomic E-state index is 12.5. The summed E-state index contributed by atoms with van der Waals surface area (Å²) in [5, 5.41) is 9.01. The lowest BCUT2D eigenvalue weighted by Gasteiger charge is -2.34. The number of aromatic carboxylic acids is 1. The van der Waals surface area contributed by atoms with Gasteiger partial charge in [0.1, 0.15) is 0 Å². The highest BCUT2D eigenvalue weighted by Gasteiger charge is 2.34. The molecule has 1 saturated heterocycles. The predicted molar refractivity (Wildman–Crippen MR) is 74.5 cm³/mol. The number of rotatable bonds is 4. The molecule has 9 heteroatoms. The normalized spacial score (nSPS) is 21.2. The summed E-state index contributed by atoms with van der Waals surface area (Å²) in [6, 6.07) is -0.137. The Morgan fingerprint density at radius 2 is 2.30 bits per heavy atom. The average molecular weight is 319 g/mol. The van der Waals surface area contributed by atoms with Crippen LogP contribution in [-0.2, 0) is 10.0 Å². The monoisotopic (exact) mass is 319 g/mol. The van der Waals surface area contributed by atoms with Gasteiger partial charge in [0.2, 0.25) is 0 Å². The lowest BCUT2D eigenvalue weighted by atomic mass is 10.1. The van der Waals surface area contributed by atoms with Crippen molar-refractivity contribution in [2.75, 3.05) is 27.2 Å². The van der Waals surface area contributed by atoms with Crippen LogP contribution in [0.2, 0.25) is 0 Å². The largest absolute Gasteiger partial charge is 0.476 e. The van der Waals surface area contributed by atoms with E-state index in [1.807, 2.05) is 7.05 Å². The number of likely N-dealkylation sites (N-methyl/N-ethyl adjacent to an activating group) is 2. The number of hydrogen-bond donors (Lipinski definition) is 1. The number of piperidine rings is 1. The number of carboxylic acid groups (broad SMARTS) is 1. The Kier molecular flexibility index (Phi) is 4.43. The van der Waals surface area contributed by atoms with Crippen molar-refractivity contribution in [3.63, 3.8) is 0 Å². The molecule has 0 spiro atoms. The van der Waals surface area contributed by atoms with Gasteiger partial charge < -0.3 is 10.0 Å². The zero-order valence-electron chi connectivity index (χ0n) is 11.3. The molecule has 0 aromatic carbocycles. The number of nitrogens with zero attached hydrogens (tertiary/aromatic N) is 3. The molecule has 0 radical (unpaired) electrons. The van der Waals surface area contributed by atoms with Crippen LogP contribution in [0.5, 0.6) is 0 Å². The number of carbonyl (C=O) groups is 1. The highest BCUT2D eigenvalue weighted by molar-refractivity contribution is 7.91. The van der Waals surface area contributed by atoms with Crippen LogP contribution in [0.15, 0.2) is 9.72 Å². The summed E-state index contributed by atoms with van der Waals surface area (Å²) in [7, 11) is -0.362. The van der Waals surface area contributed by atoms with Gasteiger partial charge in [-0.15, -0.1) is 11.3 Å². The van der Waals surface area contributed by atoms with Crippen LogP contribution in [0.4, 0.5) is 0 Å². The Labute approximate surface area is 121 Å². The second kappa shape index (κ2) is 5.76. The van der Waals surface area contributed by atoms with Crippen molar-refractivity contribution in [1.29, 1.82) is 0 Å². The number of thiazole rings is 1. The van der Waals surface area contributed by atoms with Gasteiger partial charge in [0.05, 0.1) is 5.51 Å². The molecule has 1 aliphatic rings. The van der Waals surface area contributed by atoms with Crippen LogP contribution in [0, 0.1) is 0 Å². The fourth-order valence-corrected chi connectivity index (χ4v) is 5.01. The second-order valence-electron chi connectivity index (χ2n) is 4.87. The molecule has 0 saturated carbocycles. The maximum absolute atomic E-state index is 12.5. The number of hydrogen-bond acceptors (Lipinski definition) is 6. The van der Waals surface area contributed by atoms with E-state index in [9.17, 15) is 13.2 Å². The molecule has 1 aliphatic heterocycles. The highest BCUT2D eigenvalue weighted by atomic mass is 32.2. The first-order valence-corrected chi connectivity index (χ1v) is 8.49. The molecule has 7 nitrogen and oxygen atoms in total. The van der Waals surface area contributed by atoms with Gasteiger partial charge in [-0.05, 0) is 26.4 Å². The van der Waals surface area contributed by atoms with Crippen LogP contribution in [0.3, 0.4) is 0 Å². The molecule has 112 valence electrons. The Morgan fingerprint density at radius 3 is 2.90 bits per heavy atom. The van der Waals surface area contributed by atoms with Crippen molar-refractivity contribution >= 4 is 27.3 Å². The van der Waals surface area contributed by atoms with E-state index in [-0.39, 0.29) is 10.3 Å². The number of aromatic nitrogens is 1. The lowest BCUT2D eigenvalue weighted by Crippen LogP contribution is -2.47. The minimum absolute atomic E-state index is 0.137. The summed E-state index contributed by atoms with van der Waals surface area (Å²) in [6.45, 7) is 1.60. The van der Waals surface area contributed by atoms with E-state index in [0.717, 1.165) is 30.7 Å². The molecule has 1 aromatic heterocycles. The topological polar surface area (TPSA) is 90.8 Å². The molecular weight excluding hydrogens is 302 g/mol.